The summed E-state index contributed by atoms with van der Waals surface area (Å²) < 4.78 is 0. The number of likely N-dealkylation sites (tertiary alicyclic amines) is 1. The van der Waals surface area contributed by atoms with Crippen LogP contribution >= 0.6 is 0 Å². The Morgan fingerprint density at radius 2 is 2.07 bits per heavy atom. The first kappa shape index (κ1) is 10.4. The van der Waals surface area contributed by atoms with Crippen LogP contribution in [0.15, 0.2) is 0 Å². The molecule has 2 nitrogen and oxygen atoms in total. The summed E-state index contributed by atoms with van der Waals surface area (Å²) in [6.07, 6.45) is 5.12. The topological polar surface area (TPSA) is 23.5 Å². The van der Waals surface area contributed by atoms with Crippen molar-refractivity contribution in [2.24, 2.45) is 11.8 Å². The lowest BCUT2D eigenvalue weighted by atomic mass is 9.87. The zero-order chi connectivity index (χ0) is 10.2. The van der Waals surface area contributed by atoms with Crippen LogP contribution < -0.4 is 0 Å². The Hall–Kier alpha value is -0.0800. The van der Waals surface area contributed by atoms with Crippen molar-refractivity contribution >= 4 is 0 Å². The molecule has 0 aromatic rings. The van der Waals surface area contributed by atoms with Crippen LogP contribution in [-0.2, 0) is 0 Å². The summed E-state index contributed by atoms with van der Waals surface area (Å²) in [5, 5.41) is 10.1. The van der Waals surface area contributed by atoms with E-state index in [2.05, 4.69) is 18.7 Å². The first-order valence-electron chi connectivity index (χ1n) is 6.09. The minimum atomic E-state index is -0.286. The Morgan fingerprint density at radius 1 is 1.43 bits per heavy atom. The Labute approximate surface area is 87.3 Å². The molecule has 1 atom stereocenters. The van der Waals surface area contributed by atoms with Gasteiger partial charge in [-0.25, -0.2) is 0 Å². The van der Waals surface area contributed by atoms with Crippen molar-refractivity contribution in [2.75, 3.05) is 19.6 Å². The Bertz CT molecular complexity index is 194. The van der Waals surface area contributed by atoms with Gasteiger partial charge in [-0.2, -0.15) is 0 Å². The molecular weight excluding hydrogens is 174 g/mol. The van der Waals surface area contributed by atoms with Crippen molar-refractivity contribution < 1.29 is 5.11 Å². The molecular formula is C12H23NO. The van der Waals surface area contributed by atoms with E-state index < -0.39 is 0 Å². The molecule has 82 valence electrons. The average Bonchev–Trinajstić information content (AvgIpc) is 2.83. The summed E-state index contributed by atoms with van der Waals surface area (Å²) in [6, 6.07) is 0. The molecule has 0 radical (unpaired) electrons. The van der Waals surface area contributed by atoms with Crippen LogP contribution in [0.3, 0.4) is 0 Å². The van der Waals surface area contributed by atoms with Gasteiger partial charge in [0, 0.05) is 19.6 Å². The quantitative estimate of drug-likeness (QED) is 0.727. The van der Waals surface area contributed by atoms with E-state index in [4.69, 9.17) is 0 Å². The number of β-amino-alcohol motifs (C(OH)–C–C–N with tert-alkyl or cyclic N) is 1. The van der Waals surface area contributed by atoms with Gasteiger partial charge < -0.3 is 5.11 Å². The third-order valence-corrected chi connectivity index (χ3v) is 3.68. The van der Waals surface area contributed by atoms with Crippen LogP contribution in [0.2, 0.25) is 0 Å². The van der Waals surface area contributed by atoms with E-state index in [9.17, 15) is 5.11 Å². The summed E-state index contributed by atoms with van der Waals surface area (Å²) in [4.78, 5) is 2.42. The minimum Gasteiger partial charge on any atom is -0.387 e. The van der Waals surface area contributed by atoms with E-state index in [1.807, 2.05) is 0 Å². The monoisotopic (exact) mass is 197 g/mol. The van der Waals surface area contributed by atoms with Crippen LogP contribution in [0.4, 0.5) is 0 Å². The molecule has 1 saturated carbocycles. The highest BCUT2D eigenvalue weighted by atomic mass is 16.3. The van der Waals surface area contributed by atoms with Gasteiger partial charge in [0.05, 0.1) is 5.60 Å². The van der Waals surface area contributed by atoms with Gasteiger partial charge in [-0.05, 0) is 31.1 Å². The Kier molecular flexibility index (Phi) is 2.85. The van der Waals surface area contributed by atoms with Gasteiger partial charge in [-0.1, -0.05) is 20.3 Å². The van der Waals surface area contributed by atoms with Gasteiger partial charge in [0.15, 0.2) is 0 Å². The van der Waals surface area contributed by atoms with Crippen LogP contribution in [-0.4, -0.2) is 35.2 Å². The maximum Gasteiger partial charge on any atom is 0.0928 e. The molecule has 0 aromatic heterocycles. The second kappa shape index (κ2) is 3.82. The van der Waals surface area contributed by atoms with Crippen molar-refractivity contribution in [1.82, 2.24) is 4.90 Å². The minimum absolute atomic E-state index is 0.286. The van der Waals surface area contributed by atoms with Crippen LogP contribution in [0, 0.1) is 11.8 Å². The Morgan fingerprint density at radius 3 is 2.57 bits per heavy atom. The van der Waals surface area contributed by atoms with E-state index in [0.717, 1.165) is 19.0 Å². The molecule has 1 saturated heterocycles. The molecule has 0 spiro atoms. The third-order valence-electron chi connectivity index (χ3n) is 3.68. The van der Waals surface area contributed by atoms with Crippen LogP contribution in [0.5, 0.6) is 0 Å². The first-order chi connectivity index (χ1) is 6.64. The number of hydrogen-bond donors (Lipinski definition) is 1. The maximum absolute atomic E-state index is 10.1. The predicted octanol–water partition coefficient (Wildman–Crippen LogP) is 1.88. The molecule has 1 aliphatic carbocycles. The third kappa shape index (κ3) is 2.12. The summed E-state index contributed by atoms with van der Waals surface area (Å²) in [5.74, 6) is 1.43. The predicted molar refractivity (Wildman–Crippen MR) is 58.2 cm³/mol. The van der Waals surface area contributed by atoms with Crippen molar-refractivity contribution in [2.45, 2.75) is 45.1 Å². The molecule has 1 heterocycles. The fraction of sp³-hybridized carbons (Fsp3) is 1.00. The molecule has 1 unspecified atom stereocenters. The molecule has 0 bridgehead atoms. The molecule has 14 heavy (non-hydrogen) atoms. The second-order valence-electron chi connectivity index (χ2n) is 5.44. The molecule has 2 aliphatic rings. The van der Waals surface area contributed by atoms with E-state index >= 15 is 0 Å². The normalized spacial score (nSPS) is 28.5. The van der Waals surface area contributed by atoms with E-state index in [-0.39, 0.29) is 5.60 Å². The molecule has 2 fully saturated rings. The summed E-state index contributed by atoms with van der Waals surface area (Å²) in [5.41, 5.74) is -0.286. The summed E-state index contributed by atoms with van der Waals surface area (Å²) in [6.45, 7) is 7.62. The van der Waals surface area contributed by atoms with Gasteiger partial charge in [0.2, 0.25) is 0 Å². The fourth-order valence-electron chi connectivity index (χ4n) is 2.76. The maximum atomic E-state index is 10.1. The van der Waals surface area contributed by atoms with Gasteiger partial charge in [-0.3, -0.25) is 4.90 Å². The SMILES string of the molecule is CCCC(C)CN1CC(O)(C2CC2)C1. The lowest BCUT2D eigenvalue weighted by Gasteiger charge is -2.48. The van der Waals surface area contributed by atoms with E-state index in [0.29, 0.717) is 5.92 Å². The average molecular weight is 197 g/mol. The fourth-order valence-corrected chi connectivity index (χ4v) is 2.76. The Balaban J connectivity index is 1.67. The largest absolute Gasteiger partial charge is 0.387 e. The standard InChI is InChI=1S/C12H23NO/c1-3-4-10(2)7-13-8-12(14,9-13)11-5-6-11/h10-11,14H,3-9H2,1-2H3. The van der Waals surface area contributed by atoms with Gasteiger partial charge in [-0.15, -0.1) is 0 Å². The van der Waals surface area contributed by atoms with Crippen molar-refractivity contribution in [3.05, 3.63) is 0 Å². The number of hydrogen-bond acceptors (Lipinski definition) is 2. The van der Waals surface area contributed by atoms with Crippen molar-refractivity contribution in [3.8, 4) is 0 Å². The number of rotatable bonds is 5. The molecule has 1 N–H and O–H groups in total. The smallest absolute Gasteiger partial charge is 0.0928 e. The lowest BCUT2D eigenvalue weighted by molar-refractivity contribution is -0.116. The van der Waals surface area contributed by atoms with Crippen molar-refractivity contribution in [3.63, 3.8) is 0 Å². The number of nitrogens with zero attached hydrogens (tertiary/aromatic N) is 1. The summed E-state index contributed by atoms with van der Waals surface area (Å²) in [7, 11) is 0. The zero-order valence-corrected chi connectivity index (χ0v) is 9.50. The van der Waals surface area contributed by atoms with Gasteiger partial charge >= 0.3 is 0 Å². The zero-order valence-electron chi connectivity index (χ0n) is 9.50. The molecule has 0 aromatic carbocycles. The lowest BCUT2D eigenvalue weighted by Crippen LogP contribution is -2.63. The second-order valence-corrected chi connectivity index (χ2v) is 5.44. The van der Waals surface area contributed by atoms with Crippen LogP contribution in [0.1, 0.15) is 39.5 Å². The molecule has 1 aliphatic heterocycles. The number of aliphatic hydroxyl groups is 1. The molecule has 0 amide bonds. The highest BCUT2D eigenvalue weighted by molar-refractivity contribution is 5.05. The van der Waals surface area contributed by atoms with Crippen LogP contribution in [0.25, 0.3) is 0 Å². The van der Waals surface area contributed by atoms with Gasteiger partial charge in [0.1, 0.15) is 0 Å². The molecule has 2 heteroatoms. The van der Waals surface area contributed by atoms with Gasteiger partial charge in [0.25, 0.3) is 0 Å². The van der Waals surface area contributed by atoms with E-state index in [1.54, 1.807) is 0 Å². The highest BCUT2D eigenvalue weighted by Crippen LogP contribution is 2.44. The molecule has 2 rings (SSSR count). The van der Waals surface area contributed by atoms with Crippen molar-refractivity contribution in [1.29, 1.82) is 0 Å². The summed E-state index contributed by atoms with van der Waals surface area (Å²) >= 11 is 0. The highest BCUT2D eigenvalue weighted by Gasteiger charge is 2.51. The van der Waals surface area contributed by atoms with E-state index in [1.165, 1.54) is 32.2 Å². The first-order valence-corrected chi connectivity index (χ1v) is 6.09.